The van der Waals surface area contributed by atoms with Gasteiger partial charge in [0.1, 0.15) is 0 Å². The van der Waals surface area contributed by atoms with Crippen molar-refractivity contribution in [3.8, 4) is 0 Å². The highest BCUT2D eigenvalue weighted by Gasteiger charge is 2.41. The Morgan fingerprint density at radius 3 is 2.82 bits per heavy atom. The second-order valence-electron chi connectivity index (χ2n) is 5.09. The lowest BCUT2D eigenvalue weighted by molar-refractivity contribution is -0.138. The van der Waals surface area contributed by atoms with E-state index < -0.39 is 0 Å². The molecule has 2 fully saturated rings. The average Bonchev–Trinajstić information content (AvgIpc) is 2.54. The molecule has 2 unspecified atom stereocenters. The number of carbonyl (C=O) groups is 2. The molecule has 0 radical (unpaired) electrons. The molecular formula is C12H20N2O3. The number of nitrogens with zero attached hydrogens (tertiary/aromatic N) is 1. The van der Waals surface area contributed by atoms with Gasteiger partial charge in [0.15, 0.2) is 0 Å². The number of ether oxygens (including phenoxy) is 1. The van der Waals surface area contributed by atoms with Crippen LogP contribution in [0.4, 0.5) is 0 Å². The fourth-order valence-electron chi connectivity index (χ4n) is 2.60. The molecule has 0 bridgehead atoms. The molecule has 0 aromatic carbocycles. The van der Waals surface area contributed by atoms with Crippen LogP contribution in [0, 0.1) is 0 Å². The first-order valence-corrected chi connectivity index (χ1v) is 6.25. The third kappa shape index (κ3) is 2.50. The van der Waals surface area contributed by atoms with Crippen molar-refractivity contribution in [2.75, 3.05) is 19.8 Å². The maximum Gasteiger partial charge on any atom is 0.246 e. The number of rotatable bonds is 3. The molecule has 2 rings (SSSR count). The Kier molecular flexibility index (Phi) is 3.49. The van der Waals surface area contributed by atoms with Crippen molar-refractivity contribution >= 4 is 11.8 Å². The van der Waals surface area contributed by atoms with Gasteiger partial charge in [0.05, 0.1) is 19.1 Å². The summed E-state index contributed by atoms with van der Waals surface area (Å²) >= 11 is 0. The Morgan fingerprint density at radius 2 is 2.29 bits per heavy atom. The predicted octanol–water partition coefficient (Wildman–Crippen LogP) is 0.292. The molecule has 0 saturated carbocycles. The lowest BCUT2D eigenvalue weighted by atomic mass is 9.93. The monoisotopic (exact) mass is 240 g/mol. The molecule has 2 heterocycles. The second-order valence-corrected chi connectivity index (χ2v) is 5.09. The number of imide groups is 1. The summed E-state index contributed by atoms with van der Waals surface area (Å²) in [7, 11) is 0. The summed E-state index contributed by atoms with van der Waals surface area (Å²) in [6.45, 7) is 5.73. The number of hydrogen-bond donors (Lipinski definition) is 1. The smallest absolute Gasteiger partial charge is 0.246 e. The standard InChI is InChI=1S/C12H20N2O3/c1-3-14-10(15)7-9(11(14)16)13-12(2)5-4-6-17-8-12/h9,13H,3-8H2,1-2H3. The SMILES string of the molecule is CCN1C(=O)CC(NC2(C)CCCOC2)C1=O. The van der Waals surface area contributed by atoms with E-state index in [-0.39, 0.29) is 29.8 Å². The molecule has 96 valence electrons. The topological polar surface area (TPSA) is 58.6 Å². The number of carbonyl (C=O) groups excluding carboxylic acids is 2. The van der Waals surface area contributed by atoms with Crippen molar-refractivity contribution in [2.45, 2.75) is 44.7 Å². The first-order chi connectivity index (χ1) is 8.06. The minimum absolute atomic E-state index is 0.0738. The van der Waals surface area contributed by atoms with Crippen molar-refractivity contribution in [1.82, 2.24) is 10.2 Å². The van der Waals surface area contributed by atoms with Crippen LogP contribution in [0.3, 0.4) is 0 Å². The van der Waals surface area contributed by atoms with Crippen molar-refractivity contribution in [2.24, 2.45) is 0 Å². The number of likely N-dealkylation sites (N-methyl/N-ethyl adjacent to an activating group) is 1. The minimum Gasteiger partial charge on any atom is -0.380 e. The van der Waals surface area contributed by atoms with E-state index in [1.807, 2.05) is 6.92 Å². The van der Waals surface area contributed by atoms with Crippen molar-refractivity contribution in [3.63, 3.8) is 0 Å². The second kappa shape index (κ2) is 4.74. The number of amides is 2. The van der Waals surface area contributed by atoms with Crippen molar-refractivity contribution in [3.05, 3.63) is 0 Å². The number of hydrogen-bond acceptors (Lipinski definition) is 4. The highest BCUT2D eigenvalue weighted by molar-refractivity contribution is 6.05. The van der Waals surface area contributed by atoms with Gasteiger partial charge in [-0.1, -0.05) is 0 Å². The van der Waals surface area contributed by atoms with E-state index in [2.05, 4.69) is 12.2 Å². The van der Waals surface area contributed by atoms with E-state index in [1.165, 1.54) is 4.90 Å². The number of likely N-dealkylation sites (tertiary alicyclic amines) is 1. The lowest BCUT2D eigenvalue weighted by Crippen LogP contribution is -2.55. The summed E-state index contributed by atoms with van der Waals surface area (Å²) in [6.07, 6.45) is 2.26. The highest BCUT2D eigenvalue weighted by atomic mass is 16.5. The van der Waals surface area contributed by atoms with Gasteiger partial charge in [0, 0.05) is 18.7 Å². The Balaban J connectivity index is 2.00. The summed E-state index contributed by atoms with van der Waals surface area (Å²) in [5.41, 5.74) is -0.178. The molecule has 2 amide bonds. The maximum atomic E-state index is 12.0. The average molecular weight is 240 g/mol. The van der Waals surface area contributed by atoms with E-state index in [9.17, 15) is 9.59 Å². The molecule has 5 heteroatoms. The molecule has 2 atom stereocenters. The van der Waals surface area contributed by atoms with E-state index in [1.54, 1.807) is 0 Å². The highest BCUT2D eigenvalue weighted by Crippen LogP contribution is 2.22. The summed E-state index contributed by atoms with van der Waals surface area (Å²) in [6, 6.07) is -0.367. The molecule has 2 aliphatic rings. The Bertz CT molecular complexity index is 324. The first-order valence-electron chi connectivity index (χ1n) is 6.25. The molecule has 0 aromatic heterocycles. The molecule has 0 aliphatic carbocycles. The third-order valence-corrected chi connectivity index (χ3v) is 3.52. The van der Waals surface area contributed by atoms with Crippen molar-refractivity contribution < 1.29 is 14.3 Å². The summed E-state index contributed by atoms with van der Waals surface area (Å²) in [5.74, 6) is -0.167. The normalized spacial score (nSPS) is 34.5. The van der Waals surface area contributed by atoms with Gasteiger partial charge in [-0.2, -0.15) is 0 Å². The Labute approximate surface area is 101 Å². The quantitative estimate of drug-likeness (QED) is 0.720. The van der Waals surface area contributed by atoms with Crippen LogP contribution in [-0.2, 0) is 14.3 Å². The summed E-state index contributed by atoms with van der Waals surface area (Å²) < 4.78 is 5.44. The molecule has 1 N–H and O–H groups in total. The van der Waals surface area contributed by atoms with Gasteiger partial charge in [-0.15, -0.1) is 0 Å². The largest absolute Gasteiger partial charge is 0.380 e. The van der Waals surface area contributed by atoms with Crippen LogP contribution in [0.1, 0.15) is 33.1 Å². The molecule has 5 nitrogen and oxygen atoms in total. The van der Waals surface area contributed by atoms with E-state index in [0.717, 1.165) is 19.4 Å². The van der Waals surface area contributed by atoms with Gasteiger partial charge < -0.3 is 4.74 Å². The molecule has 2 saturated heterocycles. The minimum atomic E-state index is -0.367. The van der Waals surface area contributed by atoms with Gasteiger partial charge in [-0.25, -0.2) is 0 Å². The summed E-state index contributed by atoms with van der Waals surface area (Å²) in [4.78, 5) is 24.9. The number of nitrogens with one attached hydrogen (secondary N) is 1. The van der Waals surface area contributed by atoms with Crippen LogP contribution < -0.4 is 5.32 Å². The summed E-state index contributed by atoms with van der Waals surface area (Å²) in [5, 5.41) is 3.30. The van der Waals surface area contributed by atoms with Crippen LogP contribution in [0.25, 0.3) is 0 Å². The van der Waals surface area contributed by atoms with Gasteiger partial charge >= 0.3 is 0 Å². The zero-order valence-corrected chi connectivity index (χ0v) is 10.5. The van der Waals surface area contributed by atoms with Crippen LogP contribution in [-0.4, -0.2) is 48.1 Å². The van der Waals surface area contributed by atoms with Crippen molar-refractivity contribution in [1.29, 1.82) is 0 Å². The Hall–Kier alpha value is -0.940. The molecule has 0 aromatic rings. The fourth-order valence-corrected chi connectivity index (χ4v) is 2.60. The molecular weight excluding hydrogens is 220 g/mol. The van der Waals surface area contributed by atoms with Gasteiger partial charge in [0.2, 0.25) is 11.8 Å². The van der Waals surface area contributed by atoms with Crippen LogP contribution >= 0.6 is 0 Å². The first kappa shape index (κ1) is 12.5. The predicted molar refractivity (Wildman–Crippen MR) is 62.4 cm³/mol. The molecule has 0 spiro atoms. The van der Waals surface area contributed by atoms with Gasteiger partial charge in [0.25, 0.3) is 0 Å². The van der Waals surface area contributed by atoms with E-state index >= 15 is 0 Å². The van der Waals surface area contributed by atoms with Gasteiger partial charge in [-0.3, -0.25) is 19.8 Å². The van der Waals surface area contributed by atoms with E-state index in [4.69, 9.17) is 4.74 Å². The van der Waals surface area contributed by atoms with Gasteiger partial charge in [-0.05, 0) is 26.7 Å². The van der Waals surface area contributed by atoms with Crippen LogP contribution in [0.2, 0.25) is 0 Å². The molecule has 17 heavy (non-hydrogen) atoms. The lowest BCUT2D eigenvalue weighted by Gasteiger charge is -2.36. The zero-order valence-electron chi connectivity index (χ0n) is 10.5. The van der Waals surface area contributed by atoms with Crippen LogP contribution in [0.5, 0.6) is 0 Å². The fraction of sp³-hybridized carbons (Fsp3) is 0.833. The molecule has 2 aliphatic heterocycles. The zero-order chi connectivity index (χ0) is 12.5. The Morgan fingerprint density at radius 1 is 1.53 bits per heavy atom. The third-order valence-electron chi connectivity index (χ3n) is 3.52. The van der Waals surface area contributed by atoms with Crippen LogP contribution in [0.15, 0.2) is 0 Å². The maximum absolute atomic E-state index is 12.0. The van der Waals surface area contributed by atoms with E-state index in [0.29, 0.717) is 13.2 Å².